The second-order valence-electron chi connectivity index (χ2n) is 4.79. The molecule has 0 unspecified atom stereocenters. The highest BCUT2D eigenvalue weighted by molar-refractivity contribution is 6.31. The quantitative estimate of drug-likeness (QED) is 0.938. The second-order valence-corrected chi connectivity index (χ2v) is 5.23. The van der Waals surface area contributed by atoms with Crippen LogP contribution in [0.1, 0.15) is 5.56 Å². The minimum absolute atomic E-state index is 0.228. The fourth-order valence-electron chi connectivity index (χ4n) is 2.23. The molecule has 5 heteroatoms. The molecule has 0 saturated carbocycles. The Bertz CT molecular complexity index is 755. The maximum absolute atomic E-state index is 12.4. The minimum atomic E-state index is -0.241. The van der Waals surface area contributed by atoms with E-state index >= 15 is 0 Å². The number of halogens is 1. The number of rotatable bonds is 3. The predicted octanol–water partition coefficient (Wildman–Crippen LogP) is 3.76. The number of carbonyl (C=O) groups is 1. The molecule has 1 aliphatic rings. The Morgan fingerprint density at radius 1 is 1.27 bits per heavy atom. The summed E-state index contributed by atoms with van der Waals surface area (Å²) in [5, 5.41) is 3.33. The first-order valence-electron chi connectivity index (χ1n) is 6.74. The molecule has 0 atom stereocenters. The van der Waals surface area contributed by atoms with Gasteiger partial charge >= 0.3 is 0 Å². The lowest BCUT2D eigenvalue weighted by Crippen LogP contribution is -2.21. The summed E-state index contributed by atoms with van der Waals surface area (Å²) < 4.78 is 10.8. The lowest BCUT2D eigenvalue weighted by Gasteiger charge is -2.18. The third kappa shape index (κ3) is 2.92. The number of anilines is 1. The maximum atomic E-state index is 12.4. The van der Waals surface area contributed by atoms with Crippen LogP contribution < -0.4 is 14.8 Å². The van der Waals surface area contributed by atoms with E-state index in [1.54, 1.807) is 18.2 Å². The van der Waals surface area contributed by atoms with Crippen molar-refractivity contribution in [1.82, 2.24) is 0 Å². The van der Waals surface area contributed by atoms with Crippen LogP contribution in [0.2, 0.25) is 5.02 Å². The third-order valence-corrected chi connectivity index (χ3v) is 3.57. The summed E-state index contributed by atoms with van der Waals surface area (Å²) in [5.74, 6) is 1.09. The monoisotopic (exact) mass is 315 g/mol. The summed E-state index contributed by atoms with van der Waals surface area (Å²) in [5.41, 5.74) is 1.96. The first kappa shape index (κ1) is 14.5. The third-order valence-electron chi connectivity index (χ3n) is 3.33. The van der Waals surface area contributed by atoms with Crippen LogP contribution in [-0.2, 0) is 4.79 Å². The highest BCUT2D eigenvalue weighted by Gasteiger charge is 2.18. The number of carbonyl (C=O) groups excluding carboxylic acids is 1. The van der Waals surface area contributed by atoms with Gasteiger partial charge in [0.25, 0.3) is 5.91 Å². The first-order chi connectivity index (χ1) is 10.7. The molecule has 112 valence electrons. The molecule has 2 aromatic rings. The molecule has 0 spiro atoms. The summed E-state index contributed by atoms with van der Waals surface area (Å²) in [6.07, 6.45) is 1.82. The van der Waals surface area contributed by atoms with Crippen molar-refractivity contribution in [3.63, 3.8) is 0 Å². The lowest BCUT2D eigenvalue weighted by atomic mass is 10.1. The SMILES string of the molecule is COc1ccc(Cl)cc1NC(=O)C1=Cc2ccccc2OC1. The molecular formula is C17H14ClNO3. The molecule has 1 heterocycles. The molecule has 0 saturated heterocycles. The Balaban J connectivity index is 1.84. The van der Waals surface area contributed by atoms with E-state index in [1.807, 2.05) is 30.3 Å². The van der Waals surface area contributed by atoms with E-state index in [4.69, 9.17) is 21.1 Å². The van der Waals surface area contributed by atoms with Crippen molar-refractivity contribution in [2.45, 2.75) is 0 Å². The average Bonchev–Trinajstić information content (AvgIpc) is 2.54. The smallest absolute Gasteiger partial charge is 0.255 e. The molecule has 4 nitrogen and oxygen atoms in total. The fourth-order valence-corrected chi connectivity index (χ4v) is 2.40. The zero-order chi connectivity index (χ0) is 15.5. The van der Waals surface area contributed by atoms with Crippen LogP contribution in [0, 0.1) is 0 Å². The molecule has 0 radical (unpaired) electrons. The van der Waals surface area contributed by atoms with Crippen LogP contribution in [0.5, 0.6) is 11.5 Å². The van der Waals surface area contributed by atoms with Crippen LogP contribution >= 0.6 is 11.6 Å². The standard InChI is InChI=1S/C17H14ClNO3/c1-21-16-7-6-13(18)9-14(16)19-17(20)12-8-11-4-2-3-5-15(11)22-10-12/h2-9H,10H2,1H3,(H,19,20). The van der Waals surface area contributed by atoms with E-state index in [2.05, 4.69) is 5.32 Å². The normalized spacial score (nSPS) is 12.7. The van der Waals surface area contributed by atoms with E-state index < -0.39 is 0 Å². The highest BCUT2D eigenvalue weighted by atomic mass is 35.5. The van der Waals surface area contributed by atoms with Crippen LogP contribution in [0.3, 0.4) is 0 Å². The molecular weight excluding hydrogens is 302 g/mol. The Morgan fingerprint density at radius 3 is 2.91 bits per heavy atom. The molecule has 22 heavy (non-hydrogen) atoms. The van der Waals surface area contributed by atoms with Crippen LogP contribution in [0.4, 0.5) is 5.69 Å². The van der Waals surface area contributed by atoms with Crippen molar-refractivity contribution >= 4 is 29.3 Å². The van der Waals surface area contributed by atoms with E-state index in [9.17, 15) is 4.79 Å². The Hall–Kier alpha value is -2.46. The van der Waals surface area contributed by atoms with Crippen LogP contribution in [-0.4, -0.2) is 19.6 Å². The number of para-hydroxylation sites is 1. The van der Waals surface area contributed by atoms with Crippen molar-refractivity contribution in [3.05, 3.63) is 58.6 Å². The summed E-state index contributed by atoms with van der Waals surface area (Å²) in [4.78, 5) is 12.4. The van der Waals surface area contributed by atoms with Gasteiger partial charge in [-0.05, 0) is 30.3 Å². The zero-order valence-corrected chi connectivity index (χ0v) is 12.7. The number of amides is 1. The fraction of sp³-hybridized carbons (Fsp3) is 0.118. The molecule has 3 rings (SSSR count). The minimum Gasteiger partial charge on any atom is -0.495 e. The topological polar surface area (TPSA) is 47.6 Å². The van der Waals surface area contributed by atoms with Gasteiger partial charge in [0.05, 0.1) is 18.4 Å². The summed E-state index contributed by atoms with van der Waals surface area (Å²) >= 11 is 5.96. The first-order valence-corrected chi connectivity index (χ1v) is 7.12. The van der Waals surface area contributed by atoms with Gasteiger partial charge in [0.2, 0.25) is 0 Å². The van der Waals surface area contributed by atoms with Gasteiger partial charge in [-0.15, -0.1) is 0 Å². The van der Waals surface area contributed by atoms with Gasteiger partial charge in [-0.3, -0.25) is 4.79 Å². The van der Waals surface area contributed by atoms with Crippen molar-refractivity contribution in [2.75, 3.05) is 19.0 Å². The Kier molecular flexibility index (Phi) is 4.02. The van der Waals surface area contributed by atoms with Crippen molar-refractivity contribution in [2.24, 2.45) is 0 Å². The van der Waals surface area contributed by atoms with Gasteiger partial charge in [-0.1, -0.05) is 29.8 Å². The molecule has 0 aromatic heterocycles. The predicted molar refractivity (Wildman–Crippen MR) is 86.5 cm³/mol. The number of ether oxygens (including phenoxy) is 2. The summed E-state index contributed by atoms with van der Waals surface area (Å²) in [7, 11) is 1.54. The molecule has 2 aromatic carbocycles. The zero-order valence-electron chi connectivity index (χ0n) is 11.9. The number of benzene rings is 2. The van der Waals surface area contributed by atoms with Crippen LogP contribution in [0.15, 0.2) is 48.0 Å². The van der Waals surface area contributed by atoms with Gasteiger partial charge in [0, 0.05) is 10.6 Å². The molecule has 0 bridgehead atoms. The second kappa shape index (κ2) is 6.12. The molecule has 0 aliphatic carbocycles. The number of nitrogens with one attached hydrogen (secondary N) is 1. The van der Waals surface area contributed by atoms with Crippen molar-refractivity contribution < 1.29 is 14.3 Å². The van der Waals surface area contributed by atoms with E-state index in [1.165, 1.54) is 7.11 Å². The Labute approximate surface area is 133 Å². The van der Waals surface area contributed by atoms with Gasteiger partial charge in [0.1, 0.15) is 18.1 Å². The molecule has 1 N–H and O–H groups in total. The van der Waals surface area contributed by atoms with Crippen molar-refractivity contribution in [3.8, 4) is 11.5 Å². The molecule has 0 fully saturated rings. The average molecular weight is 316 g/mol. The van der Waals surface area contributed by atoms with E-state index in [-0.39, 0.29) is 12.5 Å². The number of hydrogen-bond donors (Lipinski definition) is 1. The maximum Gasteiger partial charge on any atom is 0.255 e. The molecule has 1 amide bonds. The van der Waals surface area contributed by atoms with Gasteiger partial charge in [0.15, 0.2) is 0 Å². The van der Waals surface area contributed by atoms with Crippen LogP contribution in [0.25, 0.3) is 6.08 Å². The van der Waals surface area contributed by atoms with Crippen molar-refractivity contribution in [1.29, 1.82) is 0 Å². The van der Waals surface area contributed by atoms with E-state index in [0.29, 0.717) is 22.0 Å². The van der Waals surface area contributed by atoms with Gasteiger partial charge < -0.3 is 14.8 Å². The Morgan fingerprint density at radius 2 is 2.09 bits per heavy atom. The van der Waals surface area contributed by atoms with Gasteiger partial charge in [-0.25, -0.2) is 0 Å². The highest BCUT2D eigenvalue weighted by Crippen LogP contribution is 2.30. The lowest BCUT2D eigenvalue weighted by molar-refractivity contribution is -0.113. The number of fused-ring (bicyclic) bond motifs is 1. The number of hydrogen-bond acceptors (Lipinski definition) is 3. The van der Waals surface area contributed by atoms with E-state index in [0.717, 1.165) is 11.3 Å². The summed E-state index contributed by atoms with van der Waals surface area (Å²) in [6, 6.07) is 12.6. The number of methoxy groups -OCH3 is 1. The van der Waals surface area contributed by atoms with Gasteiger partial charge in [-0.2, -0.15) is 0 Å². The molecule has 1 aliphatic heterocycles. The largest absolute Gasteiger partial charge is 0.495 e. The summed E-state index contributed by atoms with van der Waals surface area (Å²) in [6.45, 7) is 0.228.